The molecule has 1 aromatic heterocycles. The van der Waals surface area contributed by atoms with Gasteiger partial charge in [0.05, 0.1) is 16.0 Å². The van der Waals surface area contributed by atoms with E-state index in [1.807, 2.05) is 44.4 Å². The number of thioether (sulfide) groups is 1. The molecule has 150 valence electrons. The predicted octanol–water partition coefficient (Wildman–Crippen LogP) is 4.93. The molecule has 0 N–H and O–H groups in total. The molecule has 8 heteroatoms. The molecule has 0 saturated heterocycles. The maximum absolute atomic E-state index is 13.5. The highest BCUT2D eigenvalue weighted by Crippen LogP contribution is 2.30. The molecule has 3 aromatic rings. The molecular weight excluding hydrogens is 417 g/mol. The third kappa shape index (κ3) is 6.17. The Bertz CT molecular complexity index is 905. The van der Waals surface area contributed by atoms with E-state index in [1.54, 1.807) is 11.0 Å². The lowest BCUT2D eigenvalue weighted by Crippen LogP contribution is -2.34. The van der Waals surface area contributed by atoms with Crippen LogP contribution in [0.25, 0.3) is 10.2 Å². The van der Waals surface area contributed by atoms with Crippen LogP contribution in [-0.2, 0) is 4.79 Å². The van der Waals surface area contributed by atoms with E-state index in [-0.39, 0.29) is 24.1 Å². The Balaban J connectivity index is 0.00000280. The summed E-state index contributed by atoms with van der Waals surface area (Å²) >= 11 is 2.88. The van der Waals surface area contributed by atoms with Crippen LogP contribution in [0.4, 0.5) is 9.52 Å². The molecule has 0 aliphatic carbocycles. The van der Waals surface area contributed by atoms with Crippen LogP contribution in [0, 0.1) is 5.82 Å². The van der Waals surface area contributed by atoms with Gasteiger partial charge in [0.2, 0.25) is 5.91 Å². The first-order valence-electron chi connectivity index (χ1n) is 8.72. The van der Waals surface area contributed by atoms with Crippen LogP contribution in [-0.4, -0.2) is 48.7 Å². The smallest absolute Gasteiger partial charge is 0.239 e. The summed E-state index contributed by atoms with van der Waals surface area (Å²) in [6.45, 7) is 1.48. The number of carbonyl (C=O) groups excluding carboxylic acids is 1. The van der Waals surface area contributed by atoms with Gasteiger partial charge in [0.25, 0.3) is 0 Å². The Kier molecular flexibility index (Phi) is 8.69. The Morgan fingerprint density at radius 2 is 1.89 bits per heavy atom. The Morgan fingerprint density at radius 3 is 2.61 bits per heavy atom. The average Bonchev–Trinajstić information content (AvgIpc) is 3.06. The van der Waals surface area contributed by atoms with Crippen LogP contribution in [0.2, 0.25) is 0 Å². The van der Waals surface area contributed by atoms with Gasteiger partial charge in [0.15, 0.2) is 5.13 Å². The van der Waals surface area contributed by atoms with Gasteiger partial charge in [0.1, 0.15) is 5.82 Å². The number of benzene rings is 2. The molecule has 4 nitrogen and oxygen atoms in total. The van der Waals surface area contributed by atoms with Gasteiger partial charge < -0.3 is 4.90 Å². The van der Waals surface area contributed by atoms with Gasteiger partial charge >= 0.3 is 0 Å². The molecule has 2 aromatic carbocycles. The van der Waals surface area contributed by atoms with Crippen molar-refractivity contribution in [1.82, 2.24) is 9.88 Å². The van der Waals surface area contributed by atoms with E-state index < -0.39 is 0 Å². The molecule has 0 saturated carbocycles. The number of carbonyl (C=O) groups is 1. The molecule has 0 atom stereocenters. The molecule has 0 bridgehead atoms. The maximum Gasteiger partial charge on any atom is 0.239 e. The highest BCUT2D eigenvalue weighted by Gasteiger charge is 2.20. The van der Waals surface area contributed by atoms with E-state index in [4.69, 9.17) is 0 Å². The Morgan fingerprint density at radius 1 is 1.14 bits per heavy atom. The van der Waals surface area contributed by atoms with Crippen LogP contribution < -0.4 is 4.90 Å². The number of amides is 1. The summed E-state index contributed by atoms with van der Waals surface area (Å²) < 4.78 is 14.3. The minimum absolute atomic E-state index is 0. The van der Waals surface area contributed by atoms with E-state index in [1.165, 1.54) is 35.2 Å². The van der Waals surface area contributed by atoms with Crippen LogP contribution >= 0.6 is 35.5 Å². The van der Waals surface area contributed by atoms with Crippen molar-refractivity contribution in [2.24, 2.45) is 0 Å². The summed E-state index contributed by atoms with van der Waals surface area (Å²) in [5.74, 6) is 0.0703. The highest BCUT2D eigenvalue weighted by atomic mass is 35.5. The monoisotopic (exact) mass is 439 g/mol. The van der Waals surface area contributed by atoms with Crippen LogP contribution in [0.3, 0.4) is 0 Å². The number of rotatable bonds is 8. The van der Waals surface area contributed by atoms with Crippen molar-refractivity contribution in [2.45, 2.75) is 11.3 Å². The standard InChI is InChI=1S/C20H22FN3OS2.ClH/c1-23(2)11-6-12-24(19(25)14-26-16-7-4-3-5-8-16)20-22-17-10-9-15(21)13-18(17)27-20;/h3-5,7-10,13H,6,11-12,14H2,1-2H3;1H. The topological polar surface area (TPSA) is 36.4 Å². The second-order valence-electron chi connectivity index (χ2n) is 6.41. The van der Waals surface area contributed by atoms with E-state index >= 15 is 0 Å². The van der Waals surface area contributed by atoms with Crippen molar-refractivity contribution in [3.63, 3.8) is 0 Å². The number of hydrogen-bond donors (Lipinski definition) is 0. The number of fused-ring (bicyclic) bond motifs is 1. The summed E-state index contributed by atoms with van der Waals surface area (Å²) in [6.07, 6.45) is 0.846. The van der Waals surface area contributed by atoms with Crippen molar-refractivity contribution in [2.75, 3.05) is 37.8 Å². The minimum Gasteiger partial charge on any atom is -0.309 e. The van der Waals surface area contributed by atoms with Crippen molar-refractivity contribution < 1.29 is 9.18 Å². The van der Waals surface area contributed by atoms with Crippen molar-refractivity contribution >= 4 is 56.8 Å². The first-order chi connectivity index (χ1) is 13.0. The summed E-state index contributed by atoms with van der Waals surface area (Å²) in [6, 6.07) is 14.4. The SMILES string of the molecule is CN(C)CCCN(C(=O)CSc1ccccc1)c1nc2ccc(F)cc2s1.Cl. The first-order valence-corrected chi connectivity index (χ1v) is 10.5. The molecule has 0 fully saturated rings. The average molecular weight is 440 g/mol. The maximum atomic E-state index is 13.5. The Hall–Kier alpha value is -1.67. The zero-order valence-electron chi connectivity index (χ0n) is 15.8. The number of anilines is 1. The van der Waals surface area contributed by atoms with Crippen LogP contribution in [0.5, 0.6) is 0 Å². The molecule has 1 amide bonds. The molecule has 1 heterocycles. The molecule has 0 aliphatic rings. The molecule has 0 radical (unpaired) electrons. The molecule has 0 unspecified atom stereocenters. The van der Waals surface area contributed by atoms with Gasteiger partial charge in [-0.05, 0) is 57.4 Å². The third-order valence-electron chi connectivity index (χ3n) is 3.96. The third-order valence-corrected chi connectivity index (χ3v) is 6.00. The van der Waals surface area contributed by atoms with Gasteiger partial charge in [-0.3, -0.25) is 9.69 Å². The molecule has 28 heavy (non-hydrogen) atoms. The van der Waals surface area contributed by atoms with Crippen LogP contribution in [0.1, 0.15) is 6.42 Å². The van der Waals surface area contributed by atoms with Crippen molar-refractivity contribution in [3.8, 4) is 0 Å². The second-order valence-corrected chi connectivity index (χ2v) is 8.47. The zero-order valence-corrected chi connectivity index (χ0v) is 18.2. The number of hydrogen-bond acceptors (Lipinski definition) is 5. The van der Waals surface area contributed by atoms with E-state index in [0.717, 1.165) is 28.1 Å². The summed E-state index contributed by atoms with van der Waals surface area (Å²) in [4.78, 5) is 22.4. The zero-order chi connectivity index (χ0) is 19.2. The summed E-state index contributed by atoms with van der Waals surface area (Å²) in [5.41, 5.74) is 0.720. The molecule has 0 aliphatic heterocycles. The second kappa shape index (κ2) is 10.8. The van der Waals surface area contributed by atoms with Crippen molar-refractivity contribution in [1.29, 1.82) is 0 Å². The summed E-state index contributed by atoms with van der Waals surface area (Å²) in [5, 5.41) is 0.632. The van der Waals surface area contributed by atoms with E-state index in [2.05, 4.69) is 9.88 Å². The van der Waals surface area contributed by atoms with Gasteiger partial charge in [0, 0.05) is 11.4 Å². The largest absolute Gasteiger partial charge is 0.309 e. The fourth-order valence-corrected chi connectivity index (χ4v) is 4.44. The lowest BCUT2D eigenvalue weighted by Gasteiger charge is -2.21. The predicted molar refractivity (Wildman–Crippen MR) is 120 cm³/mol. The van der Waals surface area contributed by atoms with Gasteiger partial charge in [-0.25, -0.2) is 9.37 Å². The summed E-state index contributed by atoms with van der Waals surface area (Å²) in [7, 11) is 4.02. The lowest BCUT2D eigenvalue weighted by atomic mass is 10.3. The number of thiazole rings is 1. The molecule has 0 spiro atoms. The fraction of sp³-hybridized carbons (Fsp3) is 0.300. The van der Waals surface area contributed by atoms with Crippen molar-refractivity contribution in [3.05, 3.63) is 54.3 Å². The minimum atomic E-state index is -0.289. The van der Waals surface area contributed by atoms with Gasteiger partial charge in [-0.2, -0.15) is 0 Å². The Labute approximate surface area is 179 Å². The number of aromatic nitrogens is 1. The van der Waals surface area contributed by atoms with Gasteiger partial charge in [-0.15, -0.1) is 24.2 Å². The number of halogens is 2. The molecule has 3 rings (SSSR count). The molecular formula is C20H23ClFN3OS2. The number of nitrogens with zero attached hydrogens (tertiary/aromatic N) is 3. The first kappa shape index (κ1) is 22.6. The lowest BCUT2D eigenvalue weighted by molar-refractivity contribution is -0.116. The van der Waals surface area contributed by atoms with E-state index in [9.17, 15) is 9.18 Å². The van der Waals surface area contributed by atoms with E-state index in [0.29, 0.717) is 17.4 Å². The quantitative estimate of drug-likeness (QED) is 0.466. The fourth-order valence-electron chi connectivity index (χ4n) is 2.61. The highest BCUT2D eigenvalue weighted by molar-refractivity contribution is 8.00. The normalized spacial score (nSPS) is 10.9. The van der Waals surface area contributed by atoms with Gasteiger partial charge in [-0.1, -0.05) is 29.5 Å². The van der Waals surface area contributed by atoms with Crippen LogP contribution in [0.15, 0.2) is 53.4 Å².